The smallest absolute Gasteiger partial charge is 0.345 e. The van der Waals surface area contributed by atoms with Crippen LogP contribution in [0.5, 0.6) is 5.75 Å². The van der Waals surface area contributed by atoms with Gasteiger partial charge in [-0.1, -0.05) is 60.7 Å². The second kappa shape index (κ2) is 6.57. The number of benzene rings is 3. The van der Waals surface area contributed by atoms with Gasteiger partial charge in [0.2, 0.25) is 0 Å². The molecule has 1 aliphatic rings. The molecule has 4 rings (SSSR count). The number of hydrogen-bond donors (Lipinski definition) is 0. The summed E-state index contributed by atoms with van der Waals surface area (Å²) in [6.07, 6.45) is 1.82. The maximum Gasteiger partial charge on any atom is 0.345 e. The molecular formula is C22H15NO2. The Morgan fingerprint density at radius 2 is 1.40 bits per heavy atom. The molecule has 120 valence electrons. The van der Waals surface area contributed by atoms with E-state index < -0.39 is 5.97 Å². The monoisotopic (exact) mass is 325 g/mol. The van der Waals surface area contributed by atoms with Crippen LogP contribution in [0, 0.1) is 0 Å². The van der Waals surface area contributed by atoms with Crippen molar-refractivity contribution in [3.8, 4) is 5.75 Å². The van der Waals surface area contributed by atoms with Crippen LogP contribution in [0.1, 0.15) is 11.1 Å². The van der Waals surface area contributed by atoms with E-state index in [1.165, 1.54) is 0 Å². The zero-order chi connectivity index (χ0) is 17.1. The lowest BCUT2D eigenvalue weighted by molar-refractivity contribution is -0.129. The van der Waals surface area contributed by atoms with Crippen molar-refractivity contribution in [2.24, 2.45) is 4.99 Å². The van der Waals surface area contributed by atoms with Crippen LogP contribution in [0.15, 0.2) is 95.5 Å². The largest absolute Gasteiger partial charge is 0.422 e. The Hall–Kier alpha value is -3.46. The number of fused-ring (bicyclic) bond motifs is 1. The number of carbonyl (C=O) groups excluding carboxylic acids is 1. The van der Waals surface area contributed by atoms with E-state index in [0.717, 1.165) is 16.8 Å². The summed E-state index contributed by atoms with van der Waals surface area (Å²) < 4.78 is 5.50. The molecule has 0 amide bonds. The number of ether oxygens (including phenoxy) is 1. The summed E-state index contributed by atoms with van der Waals surface area (Å²) in [7, 11) is 0. The first-order valence-electron chi connectivity index (χ1n) is 8.04. The summed E-state index contributed by atoms with van der Waals surface area (Å²) in [4.78, 5) is 17.3. The summed E-state index contributed by atoms with van der Waals surface area (Å²) in [5.74, 6) is 0.143. The fourth-order valence-electron chi connectivity index (χ4n) is 2.74. The lowest BCUT2D eigenvalue weighted by atomic mass is 9.96. The van der Waals surface area contributed by atoms with Gasteiger partial charge < -0.3 is 4.74 Å². The SMILES string of the molecule is O=C1Oc2ccccc2C(=Nc2ccccc2)/C1=C/c1ccccc1. The second-order valence-electron chi connectivity index (χ2n) is 5.65. The van der Waals surface area contributed by atoms with E-state index in [9.17, 15) is 4.79 Å². The minimum absolute atomic E-state index is 0.391. The number of nitrogens with zero attached hydrogens (tertiary/aromatic N) is 1. The van der Waals surface area contributed by atoms with Crippen LogP contribution in [0.3, 0.4) is 0 Å². The molecule has 1 aliphatic heterocycles. The van der Waals surface area contributed by atoms with Gasteiger partial charge in [-0.3, -0.25) is 0 Å². The zero-order valence-electron chi connectivity index (χ0n) is 13.4. The molecule has 25 heavy (non-hydrogen) atoms. The molecule has 0 N–H and O–H groups in total. The van der Waals surface area contributed by atoms with Crippen molar-refractivity contribution in [3.63, 3.8) is 0 Å². The average molecular weight is 325 g/mol. The molecule has 3 aromatic rings. The Bertz CT molecular complexity index is 973. The number of hydrogen-bond acceptors (Lipinski definition) is 3. The molecule has 0 atom stereocenters. The van der Waals surface area contributed by atoms with Crippen molar-refractivity contribution in [2.45, 2.75) is 0 Å². The van der Waals surface area contributed by atoms with Crippen molar-refractivity contribution in [1.29, 1.82) is 0 Å². The molecule has 0 spiro atoms. The predicted octanol–water partition coefficient (Wildman–Crippen LogP) is 4.81. The Morgan fingerprint density at radius 3 is 2.16 bits per heavy atom. The highest BCUT2D eigenvalue weighted by Crippen LogP contribution is 2.31. The lowest BCUT2D eigenvalue weighted by Gasteiger charge is -2.20. The van der Waals surface area contributed by atoms with E-state index >= 15 is 0 Å². The standard InChI is InChI=1S/C22H15NO2/c24-22-19(15-16-9-3-1-4-10-16)21(23-17-11-5-2-6-12-17)18-13-7-8-14-20(18)25-22/h1-15H/b19-15-,23-21?. The van der Waals surface area contributed by atoms with Crippen molar-refractivity contribution >= 4 is 23.4 Å². The van der Waals surface area contributed by atoms with Gasteiger partial charge in [0.1, 0.15) is 5.75 Å². The van der Waals surface area contributed by atoms with E-state index in [1.54, 1.807) is 6.07 Å². The van der Waals surface area contributed by atoms with Crippen molar-refractivity contribution in [2.75, 3.05) is 0 Å². The summed E-state index contributed by atoms with van der Waals surface area (Å²) in [6, 6.07) is 26.8. The molecule has 0 aliphatic carbocycles. The van der Waals surface area contributed by atoms with Crippen LogP contribution in [-0.4, -0.2) is 11.7 Å². The maximum atomic E-state index is 12.6. The number of para-hydroxylation sites is 2. The molecule has 0 unspecified atom stereocenters. The van der Waals surface area contributed by atoms with Crippen LogP contribution < -0.4 is 4.74 Å². The van der Waals surface area contributed by atoms with Gasteiger partial charge in [0.15, 0.2) is 0 Å². The van der Waals surface area contributed by atoms with Gasteiger partial charge in [-0.25, -0.2) is 9.79 Å². The van der Waals surface area contributed by atoms with E-state index in [1.807, 2.05) is 84.9 Å². The molecule has 1 heterocycles. The number of carbonyl (C=O) groups is 1. The molecule has 0 saturated heterocycles. The minimum atomic E-state index is -0.391. The van der Waals surface area contributed by atoms with E-state index in [0.29, 0.717) is 17.0 Å². The molecule has 0 bridgehead atoms. The third-order valence-corrected chi connectivity index (χ3v) is 3.93. The van der Waals surface area contributed by atoms with Crippen molar-refractivity contribution < 1.29 is 9.53 Å². The van der Waals surface area contributed by atoms with Gasteiger partial charge in [-0.15, -0.1) is 0 Å². The van der Waals surface area contributed by atoms with E-state index in [2.05, 4.69) is 0 Å². The van der Waals surface area contributed by atoms with Crippen LogP contribution in [0.4, 0.5) is 5.69 Å². The molecular weight excluding hydrogens is 310 g/mol. The van der Waals surface area contributed by atoms with Crippen LogP contribution in [0.25, 0.3) is 6.08 Å². The minimum Gasteiger partial charge on any atom is -0.422 e. The highest BCUT2D eigenvalue weighted by molar-refractivity contribution is 6.32. The summed E-state index contributed by atoms with van der Waals surface area (Å²) in [5, 5.41) is 0. The average Bonchev–Trinajstić information content (AvgIpc) is 2.66. The molecule has 3 aromatic carbocycles. The normalized spacial score (nSPS) is 16.6. The fraction of sp³-hybridized carbons (Fsp3) is 0. The Labute approximate surface area is 145 Å². The van der Waals surface area contributed by atoms with Crippen molar-refractivity contribution in [1.82, 2.24) is 0 Å². The highest BCUT2D eigenvalue weighted by atomic mass is 16.5. The zero-order valence-corrected chi connectivity index (χ0v) is 13.4. The van der Waals surface area contributed by atoms with Gasteiger partial charge in [-0.2, -0.15) is 0 Å². The lowest BCUT2D eigenvalue weighted by Crippen LogP contribution is -2.25. The molecule has 0 saturated carbocycles. The van der Waals surface area contributed by atoms with Gasteiger partial charge in [0, 0.05) is 5.56 Å². The molecule has 0 aromatic heterocycles. The van der Waals surface area contributed by atoms with Gasteiger partial charge >= 0.3 is 5.97 Å². The number of aliphatic imine (C=N–C) groups is 1. The predicted molar refractivity (Wildman–Crippen MR) is 99.1 cm³/mol. The van der Waals surface area contributed by atoms with Gasteiger partial charge in [0.25, 0.3) is 0 Å². The third kappa shape index (κ3) is 3.12. The fourth-order valence-corrected chi connectivity index (χ4v) is 2.74. The maximum absolute atomic E-state index is 12.6. The topological polar surface area (TPSA) is 38.7 Å². The number of esters is 1. The Morgan fingerprint density at radius 1 is 0.760 bits per heavy atom. The highest BCUT2D eigenvalue weighted by Gasteiger charge is 2.28. The van der Waals surface area contributed by atoms with Crippen LogP contribution in [-0.2, 0) is 4.79 Å². The van der Waals surface area contributed by atoms with E-state index in [-0.39, 0.29) is 0 Å². The molecule has 3 nitrogen and oxygen atoms in total. The van der Waals surface area contributed by atoms with Crippen molar-refractivity contribution in [3.05, 3.63) is 102 Å². The Kier molecular flexibility index (Phi) is 3.97. The summed E-state index contributed by atoms with van der Waals surface area (Å²) >= 11 is 0. The third-order valence-electron chi connectivity index (χ3n) is 3.93. The number of rotatable bonds is 2. The summed E-state index contributed by atoms with van der Waals surface area (Å²) in [6.45, 7) is 0. The first kappa shape index (κ1) is 15.1. The molecule has 3 heteroatoms. The van der Waals surface area contributed by atoms with Crippen LogP contribution in [0.2, 0.25) is 0 Å². The van der Waals surface area contributed by atoms with Crippen LogP contribution >= 0.6 is 0 Å². The summed E-state index contributed by atoms with van der Waals surface area (Å²) in [5.41, 5.74) is 3.61. The first-order valence-corrected chi connectivity index (χ1v) is 8.04. The van der Waals surface area contributed by atoms with Gasteiger partial charge in [0.05, 0.1) is 17.0 Å². The molecule has 0 radical (unpaired) electrons. The first-order chi connectivity index (χ1) is 12.3. The van der Waals surface area contributed by atoms with Gasteiger partial charge in [-0.05, 0) is 35.9 Å². The quantitative estimate of drug-likeness (QED) is 0.385. The molecule has 0 fully saturated rings. The second-order valence-corrected chi connectivity index (χ2v) is 5.65. The Balaban J connectivity index is 1.91. The van der Waals surface area contributed by atoms with E-state index in [4.69, 9.17) is 9.73 Å².